The third-order valence-corrected chi connectivity index (χ3v) is 4.95. The molecule has 1 fully saturated rings. The maximum absolute atomic E-state index is 12.5. The van der Waals surface area contributed by atoms with Crippen LogP contribution in [0.2, 0.25) is 0 Å². The van der Waals surface area contributed by atoms with Gasteiger partial charge in [-0.3, -0.25) is 19.9 Å². The van der Waals surface area contributed by atoms with Gasteiger partial charge in [0, 0.05) is 42.9 Å². The summed E-state index contributed by atoms with van der Waals surface area (Å²) < 4.78 is 5.23. The van der Waals surface area contributed by atoms with Gasteiger partial charge in [-0.15, -0.1) is 11.8 Å². The number of amides is 1. The van der Waals surface area contributed by atoms with Crippen LogP contribution in [0.5, 0.6) is 0 Å². The molecule has 1 aromatic carbocycles. The van der Waals surface area contributed by atoms with Gasteiger partial charge in [0.2, 0.25) is 0 Å². The van der Waals surface area contributed by atoms with E-state index < -0.39 is 4.92 Å². The molecule has 0 unspecified atom stereocenters. The molecular formula is C17H17N3O4S. The Balaban J connectivity index is 1.78. The maximum Gasteiger partial charge on any atom is 0.283 e. The Bertz CT molecular complexity index is 764. The van der Waals surface area contributed by atoms with Crippen molar-refractivity contribution in [2.24, 2.45) is 0 Å². The van der Waals surface area contributed by atoms with Gasteiger partial charge >= 0.3 is 0 Å². The summed E-state index contributed by atoms with van der Waals surface area (Å²) in [6, 6.07) is 8.41. The van der Waals surface area contributed by atoms with E-state index >= 15 is 0 Å². The van der Waals surface area contributed by atoms with E-state index in [2.05, 4.69) is 4.98 Å². The van der Waals surface area contributed by atoms with Crippen LogP contribution in [0.4, 0.5) is 5.69 Å². The number of hydrogen-bond donors (Lipinski definition) is 0. The topological polar surface area (TPSA) is 85.6 Å². The van der Waals surface area contributed by atoms with Crippen molar-refractivity contribution < 1.29 is 14.5 Å². The quantitative estimate of drug-likeness (QED) is 0.464. The zero-order chi connectivity index (χ0) is 17.6. The lowest BCUT2D eigenvalue weighted by atomic mass is 10.1. The number of morpholine rings is 1. The van der Waals surface area contributed by atoms with Crippen LogP contribution in [0.1, 0.15) is 15.9 Å². The zero-order valence-corrected chi connectivity index (χ0v) is 14.3. The number of thioether (sulfide) groups is 1. The number of pyridine rings is 1. The normalized spacial score (nSPS) is 14.3. The summed E-state index contributed by atoms with van der Waals surface area (Å²) in [7, 11) is 0. The van der Waals surface area contributed by atoms with Crippen LogP contribution in [0.3, 0.4) is 0 Å². The van der Waals surface area contributed by atoms with Crippen molar-refractivity contribution in [1.82, 2.24) is 9.88 Å². The van der Waals surface area contributed by atoms with Gasteiger partial charge in [-0.25, -0.2) is 0 Å². The number of benzene rings is 1. The lowest BCUT2D eigenvalue weighted by Gasteiger charge is -2.26. The van der Waals surface area contributed by atoms with Crippen LogP contribution in [0.15, 0.2) is 47.6 Å². The number of nitro benzene ring substituents is 1. The standard InChI is InChI=1S/C17H17N3O4S/c21-17(19-6-8-24-9-7-19)14-3-4-16(15(10-14)20(22)23)25-12-13-2-1-5-18-11-13/h1-5,10-11H,6-9,12H2. The monoisotopic (exact) mass is 359 g/mol. The minimum atomic E-state index is -0.443. The van der Waals surface area contributed by atoms with Crippen molar-refractivity contribution in [3.8, 4) is 0 Å². The number of carbonyl (C=O) groups is 1. The second-order valence-electron chi connectivity index (χ2n) is 5.49. The van der Waals surface area contributed by atoms with E-state index in [1.54, 1.807) is 29.4 Å². The first-order valence-electron chi connectivity index (χ1n) is 7.82. The number of nitrogens with zero attached hydrogens (tertiary/aromatic N) is 3. The van der Waals surface area contributed by atoms with Crippen LogP contribution < -0.4 is 0 Å². The molecule has 0 spiro atoms. The smallest absolute Gasteiger partial charge is 0.283 e. The molecule has 2 heterocycles. The molecule has 0 atom stereocenters. The van der Waals surface area contributed by atoms with Crippen molar-refractivity contribution >= 4 is 23.4 Å². The van der Waals surface area contributed by atoms with Gasteiger partial charge in [0.15, 0.2) is 0 Å². The third-order valence-electron chi connectivity index (χ3n) is 3.82. The van der Waals surface area contributed by atoms with Crippen LogP contribution in [-0.2, 0) is 10.5 Å². The summed E-state index contributed by atoms with van der Waals surface area (Å²) in [6.07, 6.45) is 3.41. The molecule has 1 aliphatic heterocycles. The predicted molar refractivity (Wildman–Crippen MR) is 93.6 cm³/mol. The van der Waals surface area contributed by atoms with Crippen LogP contribution in [0, 0.1) is 10.1 Å². The van der Waals surface area contributed by atoms with Crippen LogP contribution >= 0.6 is 11.8 Å². The molecule has 3 rings (SSSR count). The molecule has 25 heavy (non-hydrogen) atoms. The number of aromatic nitrogens is 1. The molecule has 0 radical (unpaired) electrons. The molecule has 1 saturated heterocycles. The third kappa shape index (κ3) is 4.34. The second-order valence-corrected chi connectivity index (χ2v) is 6.51. The summed E-state index contributed by atoms with van der Waals surface area (Å²) in [4.78, 5) is 29.7. The van der Waals surface area contributed by atoms with Gasteiger partial charge in [0.1, 0.15) is 0 Å². The fourth-order valence-corrected chi connectivity index (χ4v) is 3.45. The molecule has 7 nitrogen and oxygen atoms in total. The average Bonchev–Trinajstić information content (AvgIpc) is 2.67. The van der Waals surface area contributed by atoms with Gasteiger partial charge in [-0.05, 0) is 23.8 Å². The Kier molecular flexibility index (Phi) is 5.62. The van der Waals surface area contributed by atoms with E-state index in [0.29, 0.717) is 42.5 Å². The van der Waals surface area contributed by atoms with E-state index in [1.165, 1.54) is 17.8 Å². The van der Waals surface area contributed by atoms with E-state index in [1.807, 2.05) is 12.1 Å². The molecule has 0 aliphatic carbocycles. The number of ether oxygens (including phenoxy) is 1. The fraction of sp³-hybridized carbons (Fsp3) is 0.294. The molecular weight excluding hydrogens is 342 g/mol. The second kappa shape index (κ2) is 8.09. The van der Waals surface area contributed by atoms with Crippen molar-refractivity contribution in [2.75, 3.05) is 26.3 Å². The van der Waals surface area contributed by atoms with E-state index in [9.17, 15) is 14.9 Å². The van der Waals surface area contributed by atoms with Gasteiger partial charge < -0.3 is 9.64 Å². The number of rotatable bonds is 5. The Morgan fingerprint density at radius 2 is 2.12 bits per heavy atom. The first-order chi connectivity index (χ1) is 12.1. The molecule has 8 heteroatoms. The lowest BCUT2D eigenvalue weighted by molar-refractivity contribution is -0.387. The van der Waals surface area contributed by atoms with Crippen molar-refractivity contribution in [2.45, 2.75) is 10.6 Å². The Morgan fingerprint density at radius 3 is 2.80 bits per heavy atom. The van der Waals surface area contributed by atoms with Crippen molar-refractivity contribution in [3.05, 3.63) is 64.0 Å². The largest absolute Gasteiger partial charge is 0.378 e. The Morgan fingerprint density at radius 1 is 1.32 bits per heavy atom. The van der Waals surface area contributed by atoms with Crippen molar-refractivity contribution in [3.63, 3.8) is 0 Å². The van der Waals surface area contributed by atoms with E-state index in [0.717, 1.165) is 5.56 Å². The Hall–Kier alpha value is -2.45. The maximum atomic E-state index is 12.5. The van der Waals surface area contributed by atoms with Gasteiger partial charge in [-0.1, -0.05) is 6.07 Å². The summed E-state index contributed by atoms with van der Waals surface area (Å²) in [6.45, 7) is 1.99. The molecule has 1 aromatic heterocycles. The molecule has 0 N–H and O–H groups in total. The SMILES string of the molecule is O=C(c1ccc(SCc2cccnc2)c([N+](=O)[O-])c1)N1CCOCC1. The summed E-state index contributed by atoms with van der Waals surface area (Å²) >= 11 is 1.36. The first-order valence-corrected chi connectivity index (χ1v) is 8.81. The highest BCUT2D eigenvalue weighted by molar-refractivity contribution is 7.98. The van der Waals surface area contributed by atoms with E-state index in [-0.39, 0.29) is 11.6 Å². The molecule has 1 aliphatic rings. The van der Waals surface area contributed by atoms with Crippen molar-refractivity contribution in [1.29, 1.82) is 0 Å². The zero-order valence-electron chi connectivity index (χ0n) is 13.5. The molecule has 0 bridgehead atoms. The number of hydrogen-bond acceptors (Lipinski definition) is 6. The molecule has 1 amide bonds. The summed E-state index contributed by atoms with van der Waals surface area (Å²) in [5.74, 6) is 0.376. The summed E-state index contributed by atoms with van der Waals surface area (Å²) in [5, 5.41) is 11.4. The number of carbonyl (C=O) groups excluding carboxylic acids is 1. The average molecular weight is 359 g/mol. The minimum Gasteiger partial charge on any atom is -0.378 e. The van der Waals surface area contributed by atoms with Gasteiger partial charge in [0.05, 0.1) is 23.0 Å². The Labute approximate surface area is 149 Å². The summed E-state index contributed by atoms with van der Waals surface area (Å²) in [5.41, 5.74) is 1.27. The lowest BCUT2D eigenvalue weighted by Crippen LogP contribution is -2.40. The van der Waals surface area contributed by atoms with Crippen LogP contribution in [0.25, 0.3) is 0 Å². The van der Waals surface area contributed by atoms with Gasteiger partial charge in [-0.2, -0.15) is 0 Å². The molecule has 0 saturated carbocycles. The number of nitro groups is 1. The van der Waals surface area contributed by atoms with Crippen LogP contribution in [-0.4, -0.2) is 47.0 Å². The highest BCUT2D eigenvalue weighted by Crippen LogP contribution is 2.32. The highest BCUT2D eigenvalue weighted by atomic mass is 32.2. The molecule has 130 valence electrons. The fourth-order valence-electron chi connectivity index (χ4n) is 2.51. The predicted octanol–water partition coefficient (Wildman–Crippen LogP) is 2.75. The minimum absolute atomic E-state index is 0.0481. The highest BCUT2D eigenvalue weighted by Gasteiger charge is 2.22. The van der Waals surface area contributed by atoms with Gasteiger partial charge in [0.25, 0.3) is 11.6 Å². The molecule has 2 aromatic rings. The first kappa shape index (κ1) is 17.4. The van der Waals surface area contributed by atoms with E-state index in [4.69, 9.17) is 4.74 Å².